The van der Waals surface area contributed by atoms with E-state index in [9.17, 15) is 17.6 Å². The number of carbonyl (C=O) groups excluding carboxylic acids is 1. The van der Waals surface area contributed by atoms with Gasteiger partial charge in [-0.3, -0.25) is 4.79 Å². The van der Waals surface area contributed by atoms with Crippen LogP contribution in [0.15, 0.2) is 58.8 Å². The molecule has 0 unspecified atom stereocenters. The van der Waals surface area contributed by atoms with Crippen LogP contribution in [0, 0.1) is 5.82 Å². The molecule has 1 N–H and O–H groups in total. The summed E-state index contributed by atoms with van der Waals surface area (Å²) in [6, 6.07) is 12.4. The molecule has 0 radical (unpaired) electrons. The van der Waals surface area contributed by atoms with E-state index in [2.05, 4.69) is 10.3 Å². The van der Waals surface area contributed by atoms with Crippen molar-refractivity contribution in [2.45, 2.75) is 30.6 Å². The molecule has 1 amide bonds. The molecule has 4 rings (SSSR count). The summed E-state index contributed by atoms with van der Waals surface area (Å²) in [5.41, 5.74) is 2.14. The zero-order chi connectivity index (χ0) is 21.8. The van der Waals surface area contributed by atoms with Gasteiger partial charge in [-0.1, -0.05) is 18.6 Å². The van der Waals surface area contributed by atoms with Crippen molar-refractivity contribution < 1.29 is 17.6 Å². The fourth-order valence-corrected chi connectivity index (χ4v) is 5.72. The van der Waals surface area contributed by atoms with Crippen LogP contribution in [-0.2, 0) is 21.2 Å². The number of amides is 1. The number of sulfonamides is 1. The Morgan fingerprint density at radius 3 is 2.39 bits per heavy atom. The first kappa shape index (κ1) is 21.6. The smallest absolute Gasteiger partial charge is 0.243 e. The Bertz CT molecular complexity index is 1150. The lowest BCUT2D eigenvalue weighted by Gasteiger charge is -2.25. The Labute approximate surface area is 184 Å². The van der Waals surface area contributed by atoms with E-state index in [4.69, 9.17) is 0 Å². The molecule has 2 aromatic carbocycles. The summed E-state index contributed by atoms with van der Waals surface area (Å²) in [6.07, 6.45) is 2.94. The van der Waals surface area contributed by atoms with Gasteiger partial charge < -0.3 is 5.32 Å². The molecule has 9 heteroatoms. The number of nitrogens with zero attached hydrogens (tertiary/aromatic N) is 2. The molecule has 162 valence electrons. The molecule has 1 saturated heterocycles. The molecule has 0 spiro atoms. The number of halogens is 1. The number of thiazole rings is 1. The van der Waals surface area contributed by atoms with Crippen LogP contribution in [0.4, 0.5) is 9.52 Å². The first-order valence-electron chi connectivity index (χ1n) is 10.0. The number of piperidine rings is 1. The van der Waals surface area contributed by atoms with Gasteiger partial charge >= 0.3 is 0 Å². The van der Waals surface area contributed by atoms with Crippen LogP contribution in [0.3, 0.4) is 0 Å². The summed E-state index contributed by atoms with van der Waals surface area (Å²) in [4.78, 5) is 17.0. The van der Waals surface area contributed by atoms with Gasteiger partial charge in [-0.05, 0) is 54.8 Å². The summed E-state index contributed by atoms with van der Waals surface area (Å²) in [6.45, 7) is 1.11. The third-order valence-electron chi connectivity index (χ3n) is 5.13. The van der Waals surface area contributed by atoms with E-state index in [0.717, 1.165) is 24.8 Å². The van der Waals surface area contributed by atoms with Crippen LogP contribution in [0.5, 0.6) is 0 Å². The molecule has 0 saturated carbocycles. The van der Waals surface area contributed by atoms with E-state index in [1.54, 1.807) is 41.8 Å². The average molecular weight is 460 g/mol. The Kier molecular flexibility index (Phi) is 6.45. The molecule has 2 heterocycles. The van der Waals surface area contributed by atoms with Crippen molar-refractivity contribution in [3.05, 3.63) is 65.3 Å². The zero-order valence-electron chi connectivity index (χ0n) is 16.8. The minimum absolute atomic E-state index is 0.107. The van der Waals surface area contributed by atoms with Crippen LogP contribution in [-0.4, -0.2) is 36.7 Å². The monoisotopic (exact) mass is 459 g/mol. The quantitative estimate of drug-likeness (QED) is 0.596. The normalized spacial score (nSPS) is 15.0. The molecule has 1 aliphatic heterocycles. The fourth-order valence-electron chi connectivity index (χ4n) is 3.47. The molecule has 0 aliphatic carbocycles. The second-order valence-electron chi connectivity index (χ2n) is 7.38. The van der Waals surface area contributed by atoms with Crippen molar-refractivity contribution >= 4 is 32.4 Å². The summed E-state index contributed by atoms with van der Waals surface area (Å²) in [7, 11) is -3.48. The summed E-state index contributed by atoms with van der Waals surface area (Å²) < 4.78 is 40.0. The lowest BCUT2D eigenvalue weighted by Crippen LogP contribution is -2.35. The van der Waals surface area contributed by atoms with Crippen LogP contribution in [0.1, 0.15) is 24.8 Å². The molecule has 6 nitrogen and oxygen atoms in total. The predicted molar refractivity (Wildman–Crippen MR) is 119 cm³/mol. The summed E-state index contributed by atoms with van der Waals surface area (Å²) >= 11 is 1.29. The van der Waals surface area contributed by atoms with E-state index in [1.807, 2.05) is 0 Å². The molecule has 3 aromatic rings. The largest absolute Gasteiger partial charge is 0.302 e. The van der Waals surface area contributed by atoms with Crippen LogP contribution in [0.2, 0.25) is 0 Å². The van der Waals surface area contributed by atoms with E-state index in [-0.39, 0.29) is 23.0 Å². The molecule has 0 bridgehead atoms. The molecule has 1 fully saturated rings. The third kappa shape index (κ3) is 5.17. The van der Waals surface area contributed by atoms with E-state index in [1.165, 1.54) is 27.8 Å². The van der Waals surface area contributed by atoms with Gasteiger partial charge in [-0.25, -0.2) is 17.8 Å². The number of carbonyl (C=O) groups is 1. The van der Waals surface area contributed by atoms with Crippen molar-refractivity contribution in [2.75, 3.05) is 18.4 Å². The Hall–Kier alpha value is -2.62. The maximum absolute atomic E-state index is 13.1. The highest BCUT2D eigenvalue weighted by Crippen LogP contribution is 2.25. The van der Waals surface area contributed by atoms with Crippen molar-refractivity contribution in [3.63, 3.8) is 0 Å². The second kappa shape index (κ2) is 9.25. The maximum atomic E-state index is 13.1. The number of rotatable bonds is 6. The second-order valence-corrected chi connectivity index (χ2v) is 10.2. The Balaban J connectivity index is 1.37. The number of hydrogen-bond donors (Lipinski definition) is 1. The summed E-state index contributed by atoms with van der Waals surface area (Å²) in [5.74, 6) is -0.561. The summed E-state index contributed by atoms with van der Waals surface area (Å²) in [5, 5.41) is 5.00. The van der Waals surface area contributed by atoms with Crippen molar-refractivity contribution in [2.24, 2.45) is 0 Å². The number of aromatic nitrogens is 1. The predicted octanol–water partition coefficient (Wildman–Crippen LogP) is 4.31. The number of hydrogen-bond acceptors (Lipinski definition) is 5. The Morgan fingerprint density at radius 1 is 1.03 bits per heavy atom. The van der Waals surface area contributed by atoms with Gasteiger partial charge in [-0.2, -0.15) is 4.31 Å². The van der Waals surface area contributed by atoms with Gasteiger partial charge in [-0.15, -0.1) is 11.3 Å². The SMILES string of the molecule is O=C(Cc1ccc(S(=O)(=O)N2CCCCC2)cc1)Nc1nc(-c2ccc(F)cc2)cs1. The number of anilines is 1. The highest BCUT2D eigenvalue weighted by atomic mass is 32.2. The third-order valence-corrected chi connectivity index (χ3v) is 7.80. The lowest BCUT2D eigenvalue weighted by molar-refractivity contribution is -0.115. The topological polar surface area (TPSA) is 79.4 Å². The van der Waals surface area contributed by atoms with Crippen LogP contribution >= 0.6 is 11.3 Å². The van der Waals surface area contributed by atoms with Gasteiger partial charge in [0.15, 0.2) is 5.13 Å². The molecular formula is C22H22FN3O3S2. The van der Waals surface area contributed by atoms with Crippen LogP contribution in [0.25, 0.3) is 11.3 Å². The van der Waals surface area contributed by atoms with E-state index < -0.39 is 10.0 Å². The Morgan fingerprint density at radius 2 is 1.71 bits per heavy atom. The molecule has 31 heavy (non-hydrogen) atoms. The first-order valence-corrected chi connectivity index (χ1v) is 12.3. The number of benzene rings is 2. The first-order chi connectivity index (χ1) is 14.9. The van der Waals surface area contributed by atoms with Gasteiger partial charge in [0.25, 0.3) is 0 Å². The molecule has 1 aromatic heterocycles. The standard InChI is InChI=1S/C22H22FN3O3S2/c23-18-8-6-17(7-9-18)20-15-30-22(24-20)25-21(27)14-16-4-10-19(11-5-16)31(28,29)26-12-2-1-3-13-26/h4-11,15H,1-3,12-14H2,(H,24,25,27). The highest BCUT2D eigenvalue weighted by molar-refractivity contribution is 7.89. The molecular weight excluding hydrogens is 437 g/mol. The molecule has 0 atom stereocenters. The van der Waals surface area contributed by atoms with Gasteiger partial charge in [0, 0.05) is 24.0 Å². The number of nitrogens with one attached hydrogen (secondary N) is 1. The van der Waals surface area contributed by atoms with E-state index >= 15 is 0 Å². The van der Waals surface area contributed by atoms with Gasteiger partial charge in [0.05, 0.1) is 17.0 Å². The van der Waals surface area contributed by atoms with Crippen molar-refractivity contribution in [1.29, 1.82) is 0 Å². The fraction of sp³-hybridized carbons (Fsp3) is 0.273. The lowest BCUT2D eigenvalue weighted by atomic mass is 10.1. The average Bonchev–Trinajstić information content (AvgIpc) is 3.23. The zero-order valence-corrected chi connectivity index (χ0v) is 18.4. The van der Waals surface area contributed by atoms with Crippen molar-refractivity contribution in [1.82, 2.24) is 9.29 Å². The maximum Gasteiger partial charge on any atom is 0.243 e. The minimum Gasteiger partial charge on any atom is -0.302 e. The van der Waals surface area contributed by atoms with Gasteiger partial charge in [0.2, 0.25) is 15.9 Å². The molecule has 1 aliphatic rings. The van der Waals surface area contributed by atoms with Crippen LogP contribution < -0.4 is 5.32 Å². The highest BCUT2D eigenvalue weighted by Gasteiger charge is 2.25. The van der Waals surface area contributed by atoms with E-state index in [0.29, 0.717) is 29.5 Å². The van der Waals surface area contributed by atoms with Gasteiger partial charge in [0.1, 0.15) is 5.82 Å². The minimum atomic E-state index is -3.48. The van der Waals surface area contributed by atoms with Crippen molar-refractivity contribution in [3.8, 4) is 11.3 Å².